The van der Waals surface area contributed by atoms with Crippen LogP contribution < -0.4 is 10.1 Å². The molecule has 30 heavy (non-hydrogen) atoms. The van der Waals surface area contributed by atoms with Gasteiger partial charge in [0.1, 0.15) is 17.9 Å². The van der Waals surface area contributed by atoms with Crippen LogP contribution in [-0.2, 0) is 13.6 Å². The number of hydrogen-bond acceptors (Lipinski definition) is 9. The minimum Gasteiger partial charge on any atom is -0.487 e. The molecule has 1 N–H and O–H groups in total. The van der Waals surface area contributed by atoms with Crippen LogP contribution in [0.15, 0.2) is 49.3 Å². The lowest BCUT2D eigenvalue weighted by Gasteiger charge is -2.16. The molecule has 0 aliphatic carbocycles. The van der Waals surface area contributed by atoms with E-state index < -0.39 is 0 Å². The van der Waals surface area contributed by atoms with Gasteiger partial charge < -0.3 is 10.1 Å². The van der Waals surface area contributed by atoms with Crippen molar-refractivity contribution in [3.05, 3.63) is 54.9 Å². The SMILES string of the molecule is C[C@@H](Cn1ncnn1)Oc1cc(-c2cnc(Nc3cnn(C)c3)nc2)ccc1C#N. The highest BCUT2D eigenvalue weighted by Gasteiger charge is 2.12. The third kappa shape index (κ3) is 4.39. The van der Waals surface area contributed by atoms with Crippen LogP contribution in [0, 0.1) is 11.3 Å². The second-order valence-corrected chi connectivity index (χ2v) is 6.56. The predicted octanol–water partition coefficient (Wildman–Crippen LogP) is 1.95. The average molecular weight is 402 g/mol. The summed E-state index contributed by atoms with van der Waals surface area (Å²) >= 11 is 0. The van der Waals surface area contributed by atoms with Crippen LogP contribution in [0.1, 0.15) is 12.5 Å². The molecule has 0 saturated heterocycles. The first-order valence-electron chi connectivity index (χ1n) is 9.10. The highest BCUT2D eigenvalue weighted by Crippen LogP contribution is 2.28. The molecular weight excluding hydrogens is 384 g/mol. The van der Waals surface area contributed by atoms with Crippen molar-refractivity contribution in [1.29, 1.82) is 5.26 Å². The molecular formula is C19H18N10O. The largest absolute Gasteiger partial charge is 0.487 e. The van der Waals surface area contributed by atoms with E-state index in [9.17, 15) is 5.26 Å². The summed E-state index contributed by atoms with van der Waals surface area (Å²) in [4.78, 5) is 10.1. The zero-order chi connectivity index (χ0) is 20.9. The van der Waals surface area contributed by atoms with Gasteiger partial charge >= 0.3 is 0 Å². The van der Waals surface area contributed by atoms with Gasteiger partial charge in [0.15, 0.2) is 6.33 Å². The number of nitriles is 1. The minimum absolute atomic E-state index is 0.260. The van der Waals surface area contributed by atoms with Crippen LogP contribution in [0.5, 0.6) is 5.75 Å². The summed E-state index contributed by atoms with van der Waals surface area (Å²) in [6, 6.07) is 7.51. The molecule has 0 amide bonds. The Labute approximate surface area is 172 Å². The minimum atomic E-state index is -0.260. The van der Waals surface area contributed by atoms with Crippen molar-refractivity contribution in [2.75, 3.05) is 5.32 Å². The smallest absolute Gasteiger partial charge is 0.227 e. The molecule has 11 nitrogen and oxygen atoms in total. The van der Waals surface area contributed by atoms with Crippen molar-refractivity contribution in [3.63, 3.8) is 0 Å². The zero-order valence-electron chi connectivity index (χ0n) is 16.3. The summed E-state index contributed by atoms with van der Waals surface area (Å²) in [7, 11) is 1.84. The van der Waals surface area contributed by atoms with Gasteiger partial charge in [0.25, 0.3) is 0 Å². The first kappa shape index (κ1) is 19.0. The van der Waals surface area contributed by atoms with Gasteiger partial charge in [-0.05, 0) is 29.8 Å². The van der Waals surface area contributed by atoms with E-state index in [1.54, 1.807) is 35.4 Å². The van der Waals surface area contributed by atoms with E-state index in [0.29, 0.717) is 23.8 Å². The van der Waals surface area contributed by atoms with Gasteiger partial charge in [0.2, 0.25) is 5.95 Å². The van der Waals surface area contributed by atoms with Gasteiger partial charge in [-0.3, -0.25) is 4.68 Å². The lowest BCUT2D eigenvalue weighted by molar-refractivity contribution is 0.185. The Morgan fingerprint density at radius 1 is 1.17 bits per heavy atom. The molecule has 0 spiro atoms. The predicted molar refractivity (Wildman–Crippen MR) is 107 cm³/mol. The third-order valence-corrected chi connectivity index (χ3v) is 4.19. The first-order chi connectivity index (χ1) is 14.6. The third-order valence-electron chi connectivity index (χ3n) is 4.19. The van der Waals surface area contributed by atoms with Crippen LogP contribution in [0.4, 0.5) is 11.6 Å². The van der Waals surface area contributed by atoms with Crippen LogP contribution in [0.2, 0.25) is 0 Å². The maximum atomic E-state index is 9.42. The van der Waals surface area contributed by atoms with E-state index in [2.05, 4.69) is 41.9 Å². The maximum absolute atomic E-state index is 9.42. The number of tetrazole rings is 1. The molecule has 1 aromatic carbocycles. The molecule has 11 heteroatoms. The number of hydrogen-bond donors (Lipinski definition) is 1. The molecule has 0 unspecified atom stereocenters. The molecule has 0 aliphatic rings. The number of anilines is 2. The van der Waals surface area contributed by atoms with Crippen LogP contribution in [-0.4, -0.2) is 46.1 Å². The van der Waals surface area contributed by atoms with Gasteiger partial charge in [0.05, 0.1) is 24.0 Å². The molecule has 4 rings (SSSR count). The summed E-state index contributed by atoms with van der Waals surface area (Å²) in [5.74, 6) is 0.936. The van der Waals surface area contributed by atoms with Crippen LogP contribution in [0.3, 0.4) is 0 Å². The highest BCUT2D eigenvalue weighted by molar-refractivity contribution is 5.66. The molecule has 0 radical (unpaired) electrons. The second kappa shape index (κ2) is 8.36. The number of aromatic nitrogens is 8. The normalized spacial score (nSPS) is 11.6. The molecule has 0 bridgehead atoms. The Kier molecular flexibility index (Phi) is 5.29. The van der Waals surface area contributed by atoms with Crippen molar-refractivity contribution >= 4 is 11.6 Å². The standard InChI is InChI=1S/C19H18N10O/c1-13(10-29-25-12-23-27-29)30-18-5-14(3-4-15(18)6-20)16-7-21-19(22-8-16)26-17-9-24-28(2)11-17/h3-5,7-9,11-13H,10H2,1-2H3,(H,21,22,26)/t13-/m0/s1. The molecule has 0 fully saturated rings. The molecule has 4 aromatic rings. The van der Waals surface area contributed by atoms with Crippen LogP contribution in [0.25, 0.3) is 11.1 Å². The van der Waals surface area contributed by atoms with Gasteiger partial charge in [-0.1, -0.05) is 6.07 Å². The molecule has 1 atom stereocenters. The number of nitrogens with zero attached hydrogens (tertiary/aromatic N) is 9. The lowest BCUT2D eigenvalue weighted by Crippen LogP contribution is -2.21. The molecule has 0 saturated carbocycles. The van der Waals surface area contributed by atoms with Crippen LogP contribution >= 0.6 is 0 Å². The Balaban J connectivity index is 1.51. The van der Waals surface area contributed by atoms with E-state index in [1.165, 1.54) is 11.1 Å². The molecule has 150 valence electrons. The summed E-state index contributed by atoms with van der Waals surface area (Å²) in [6.45, 7) is 2.28. The molecule has 0 aliphatic heterocycles. The van der Waals surface area contributed by atoms with Crippen molar-refractivity contribution in [1.82, 2.24) is 40.0 Å². The lowest BCUT2D eigenvalue weighted by atomic mass is 10.1. The van der Waals surface area contributed by atoms with Gasteiger partial charge in [-0.25, -0.2) is 9.97 Å². The Morgan fingerprint density at radius 3 is 2.67 bits per heavy atom. The van der Waals surface area contributed by atoms with Crippen molar-refractivity contribution in [2.45, 2.75) is 19.6 Å². The Hall–Kier alpha value is -4.33. The number of aryl methyl sites for hydroxylation is 1. The van der Waals surface area contributed by atoms with Crippen molar-refractivity contribution < 1.29 is 4.74 Å². The Morgan fingerprint density at radius 2 is 2.00 bits per heavy atom. The van der Waals surface area contributed by atoms with E-state index in [4.69, 9.17) is 4.74 Å². The zero-order valence-corrected chi connectivity index (χ0v) is 16.3. The van der Waals surface area contributed by atoms with E-state index in [0.717, 1.165) is 16.8 Å². The fourth-order valence-corrected chi connectivity index (χ4v) is 2.80. The number of rotatable bonds is 7. The van der Waals surface area contributed by atoms with Gasteiger partial charge in [-0.2, -0.15) is 15.2 Å². The van der Waals surface area contributed by atoms with E-state index in [-0.39, 0.29) is 6.10 Å². The fourth-order valence-electron chi connectivity index (χ4n) is 2.80. The highest BCUT2D eigenvalue weighted by atomic mass is 16.5. The first-order valence-corrected chi connectivity index (χ1v) is 9.10. The summed E-state index contributed by atoms with van der Waals surface area (Å²) < 4.78 is 7.65. The second-order valence-electron chi connectivity index (χ2n) is 6.56. The van der Waals surface area contributed by atoms with E-state index >= 15 is 0 Å². The number of ether oxygens (including phenoxy) is 1. The fraction of sp³-hybridized carbons (Fsp3) is 0.211. The topological polar surface area (TPSA) is 132 Å². The summed E-state index contributed by atoms with van der Waals surface area (Å²) in [5.41, 5.74) is 2.87. The molecule has 3 aromatic heterocycles. The van der Waals surface area contributed by atoms with Crippen molar-refractivity contribution in [2.24, 2.45) is 7.05 Å². The van der Waals surface area contributed by atoms with Gasteiger partial charge in [-0.15, -0.1) is 10.2 Å². The average Bonchev–Trinajstić information content (AvgIpc) is 3.40. The summed E-state index contributed by atoms with van der Waals surface area (Å²) in [6.07, 6.45) is 8.04. The quantitative estimate of drug-likeness (QED) is 0.492. The maximum Gasteiger partial charge on any atom is 0.227 e. The monoisotopic (exact) mass is 402 g/mol. The molecule has 3 heterocycles. The number of nitrogens with one attached hydrogen (secondary N) is 1. The summed E-state index contributed by atoms with van der Waals surface area (Å²) in [5, 5.41) is 28.1. The number of benzene rings is 1. The van der Waals surface area contributed by atoms with E-state index in [1.807, 2.05) is 26.2 Å². The Bertz CT molecular complexity index is 1160. The van der Waals surface area contributed by atoms with Gasteiger partial charge in [0, 0.05) is 31.2 Å². The van der Waals surface area contributed by atoms with Crippen molar-refractivity contribution in [3.8, 4) is 22.9 Å².